The molecule has 0 aliphatic rings. The lowest BCUT2D eigenvalue weighted by molar-refractivity contribution is 0.0397. The lowest BCUT2D eigenvalue weighted by Gasteiger charge is -2.12. The molecule has 2 aromatic heterocycles. The van der Waals surface area contributed by atoms with E-state index in [1.54, 1.807) is 26.8 Å². The normalized spacial score (nSPS) is 12.1. The number of thioether (sulfide) groups is 1. The molecule has 150 valence electrons. The van der Waals surface area contributed by atoms with Crippen molar-refractivity contribution in [1.82, 2.24) is 14.8 Å². The molecule has 0 fully saturated rings. The van der Waals surface area contributed by atoms with E-state index >= 15 is 0 Å². The van der Waals surface area contributed by atoms with Gasteiger partial charge >= 0.3 is 0 Å². The van der Waals surface area contributed by atoms with Crippen LogP contribution in [0.2, 0.25) is 0 Å². The average molecular weight is 405 g/mol. The molecule has 0 amide bonds. The fourth-order valence-corrected chi connectivity index (χ4v) is 3.36. The molecule has 0 saturated heterocycles. The topological polar surface area (TPSA) is 91.8 Å². The Labute approximate surface area is 167 Å². The molecule has 3 aromatic rings. The number of rotatable bonds is 11. The number of ether oxygens (including phenoxy) is 3. The highest BCUT2D eigenvalue weighted by atomic mass is 32.2. The SMILES string of the molecule is COc1ccc(COCC(O)CSc2nncn2Cc2ccco2)cc1OC. The van der Waals surface area contributed by atoms with Crippen LogP contribution in [0.15, 0.2) is 52.5 Å². The third kappa shape index (κ3) is 5.51. The van der Waals surface area contributed by atoms with Crippen molar-refractivity contribution in [2.45, 2.75) is 24.4 Å². The van der Waals surface area contributed by atoms with Gasteiger partial charge in [-0.1, -0.05) is 17.8 Å². The highest BCUT2D eigenvalue weighted by Crippen LogP contribution is 2.27. The second kappa shape index (κ2) is 10.2. The predicted molar refractivity (Wildman–Crippen MR) is 104 cm³/mol. The average Bonchev–Trinajstić information content (AvgIpc) is 3.38. The van der Waals surface area contributed by atoms with Crippen molar-refractivity contribution in [3.8, 4) is 11.5 Å². The predicted octanol–water partition coefficient (Wildman–Crippen LogP) is 2.61. The van der Waals surface area contributed by atoms with E-state index in [0.717, 1.165) is 16.5 Å². The number of benzene rings is 1. The summed E-state index contributed by atoms with van der Waals surface area (Å²) in [6.07, 6.45) is 2.65. The summed E-state index contributed by atoms with van der Waals surface area (Å²) in [5.74, 6) is 2.58. The van der Waals surface area contributed by atoms with Crippen LogP contribution in [0, 0.1) is 0 Å². The smallest absolute Gasteiger partial charge is 0.191 e. The Hall–Kier alpha value is -2.49. The number of aromatic nitrogens is 3. The van der Waals surface area contributed by atoms with E-state index in [1.165, 1.54) is 11.8 Å². The van der Waals surface area contributed by atoms with Gasteiger partial charge in [0.1, 0.15) is 12.1 Å². The minimum atomic E-state index is -0.626. The lowest BCUT2D eigenvalue weighted by Crippen LogP contribution is -2.18. The van der Waals surface area contributed by atoms with Crippen molar-refractivity contribution in [2.24, 2.45) is 0 Å². The van der Waals surface area contributed by atoms with E-state index in [9.17, 15) is 5.11 Å². The van der Waals surface area contributed by atoms with Gasteiger partial charge in [-0.2, -0.15) is 0 Å². The van der Waals surface area contributed by atoms with Crippen molar-refractivity contribution < 1.29 is 23.7 Å². The summed E-state index contributed by atoms with van der Waals surface area (Å²) in [6, 6.07) is 9.32. The standard InChI is InChI=1S/C19H23N3O5S/c1-24-17-6-5-14(8-18(17)25-2)10-26-11-15(23)12-28-19-21-20-13-22(19)9-16-4-3-7-27-16/h3-8,13,15,23H,9-12H2,1-2H3. The zero-order valence-electron chi connectivity index (χ0n) is 15.8. The van der Waals surface area contributed by atoms with Crippen LogP contribution in [0.5, 0.6) is 11.5 Å². The molecule has 2 heterocycles. The molecule has 1 unspecified atom stereocenters. The fraction of sp³-hybridized carbons (Fsp3) is 0.368. The van der Waals surface area contributed by atoms with Gasteiger partial charge in [0.2, 0.25) is 0 Å². The molecule has 0 aliphatic heterocycles. The van der Waals surface area contributed by atoms with E-state index in [1.807, 2.05) is 34.9 Å². The highest BCUT2D eigenvalue weighted by molar-refractivity contribution is 7.99. The van der Waals surface area contributed by atoms with E-state index in [-0.39, 0.29) is 6.61 Å². The minimum Gasteiger partial charge on any atom is -0.493 e. The molecule has 0 saturated carbocycles. The second-order valence-electron chi connectivity index (χ2n) is 5.99. The Bertz CT molecular complexity index is 853. The number of furan rings is 1. The third-order valence-corrected chi connectivity index (χ3v) is 5.04. The summed E-state index contributed by atoms with van der Waals surface area (Å²) in [7, 11) is 3.19. The zero-order chi connectivity index (χ0) is 19.8. The van der Waals surface area contributed by atoms with Gasteiger partial charge in [0.25, 0.3) is 0 Å². The van der Waals surface area contributed by atoms with Crippen LogP contribution >= 0.6 is 11.8 Å². The summed E-state index contributed by atoms with van der Waals surface area (Å²) in [4.78, 5) is 0. The van der Waals surface area contributed by atoms with Gasteiger partial charge in [-0.25, -0.2) is 0 Å². The van der Waals surface area contributed by atoms with Crippen LogP contribution in [0.3, 0.4) is 0 Å². The van der Waals surface area contributed by atoms with Gasteiger partial charge in [0.15, 0.2) is 16.7 Å². The summed E-state index contributed by atoms with van der Waals surface area (Å²) >= 11 is 1.42. The van der Waals surface area contributed by atoms with Crippen LogP contribution in [-0.4, -0.2) is 52.6 Å². The zero-order valence-corrected chi connectivity index (χ0v) is 16.6. The van der Waals surface area contributed by atoms with Gasteiger partial charge < -0.3 is 28.3 Å². The minimum absolute atomic E-state index is 0.216. The Balaban J connectivity index is 1.43. The molecule has 0 radical (unpaired) electrons. The van der Waals surface area contributed by atoms with Crippen molar-refractivity contribution in [3.63, 3.8) is 0 Å². The Morgan fingerprint density at radius 1 is 1.21 bits per heavy atom. The van der Waals surface area contributed by atoms with E-state index < -0.39 is 6.10 Å². The summed E-state index contributed by atoms with van der Waals surface area (Å²) in [6.45, 7) is 1.14. The van der Waals surface area contributed by atoms with Gasteiger partial charge in [-0.3, -0.25) is 0 Å². The Morgan fingerprint density at radius 3 is 2.82 bits per heavy atom. The first-order chi connectivity index (χ1) is 13.7. The maximum absolute atomic E-state index is 10.2. The molecule has 0 spiro atoms. The molecule has 0 aliphatic carbocycles. The number of aliphatic hydroxyl groups is 1. The van der Waals surface area contributed by atoms with Crippen LogP contribution < -0.4 is 9.47 Å². The summed E-state index contributed by atoms with van der Waals surface area (Å²) in [5.41, 5.74) is 0.940. The molecular formula is C19H23N3O5S. The number of nitrogens with zero attached hydrogens (tertiary/aromatic N) is 3. The van der Waals surface area contributed by atoms with E-state index in [2.05, 4.69) is 10.2 Å². The number of aliphatic hydroxyl groups excluding tert-OH is 1. The van der Waals surface area contributed by atoms with E-state index in [4.69, 9.17) is 18.6 Å². The Kier molecular flexibility index (Phi) is 7.35. The molecule has 0 bridgehead atoms. The molecule has 8 nitrogen and oxygen atoms in total. The maximum Gasteiger partial charge on any atom is 0.191 e. The second-order valence-corrected chi connectivity index (χ2v) is 6.98. The summed E-state index contributed by atoms with van der Waals surface area (Å²) in [5, 5.41) is 18.9. The van der Waals surface area contributed by atoms with Crippen LogP contribution in [0.25, 0.3) is 0 Å². The third-order valence-electron chi connectivity index (χ3n) is 3.92. The number of hydrogen-bond donors (Lipinski definition) is 1. The summed E-state index contributed by atoms with van der Waals surface area (Å²) < 4.78 is 23.3. The first-order valence-corrected chi connectivity index (χ1v) is 9.68. The van der Waals surface area contributed by atoms with Gasteiger partial charge in [0, 0.05) is 5.75 Å². The highest BCUT2D eigenvalue weighted by Gasteiger charge is 2.12. The first kappa shape index (κ1) is 20.2. The van der Waals surface area contributed by atoms with Gasteiger partial charge in [0.05, 0.1) is 46.3 Å². The fourth-order valence-electron chi connectivity index (χ4n) is 2.54. The maximum atomic E-state index is 10.2. The van der Waals surface area contributed by atoms with Crippen molar-refractivity contribution >= 4 is 11.8 Å². The van der Waals surface area contributed by atoms with Crippen molar-refractivity contribution in [1.29, 1.82) is 0 Å². The molecular weight excluding hydrogens is 382 g/mol. The first-order valence-electron chi connectivity index (χ1n) is 8.69. The van der Waals surface area contributed by atoms with Crippen molar-refractivity contribution in [2.75, 3.05) is 26.6 Å². The number of hydrogen-bond acceptors (Lipinski definition) is 8. The molecule has 1 aromatic carbocycles. The van der Waals surface area contributed by atoms with Crippen molar-refractivity contribution in [3.05, 3.63) is 54.2 Å². The monoisotopic (exact) mass is 405 g/mol. The molecule has 28 heavy (non-hydrogen) atoms. The quantitative estimate of drug-likeness (QED) is 0.487. The van der Waals surface area contributed by atoms with Gasteiger partial charge in [-0.15, -0.1) is 10.2 Å². The molecule has 1 N–H and O–H groups in total. The number of methoxy groups -OCH3 is 2. The van der Waals surface area contributed by atoms with E-state index in [0.29, 0.717) is 30.4 Å². The molecule has 1 atom stereocenters. The lowest BCUT2D eigenvalue weighted by atomic mass is 10.2. The largest absolute Gasteiger partial charge is 0.493 e. The van der Waals surface area contributed by atoms with Crippen LogP contribution in [0.4, 0.5) is 0 Å². The van der Waals surface area contributed by atoms with Crippen LogP contribution in [0.1, 0.15) is 11.3 Å². The molecule has 3 rings (SSSR count). The van der Waals surface area contributed by atoms with Gasteiger partial charge in [-0.05, 0) is 29.8 Å². The Morgan fingerprint density at radius 2 is 2.07 bits per heavy atom. The molecule has 9 heteroatoms. The van der Waals surface area contributed by atoms with Crippen LogP contribution in [-0.2, 0) is 17.9 Å².